The molecule has 3 rings (SSSR count). The number of hydrogen-bond acceptors (Lipinski definition) is 2. The Hall–Kier alpha value is -2.31. The Morgan fingerprint density at radius 3 is 2.71 bits per heavy atom. The molecule has 0 aliphatic heterocycles. The average Bonchev–Trinajstić information content (AvgIpc) is 2.85. The third kappa shape index (κ3) is 2.28. The van der Waals surface area contributed by atoms with E-state index < -0.39 is 0 Å². The highest BCUT2D eigenvalue weighted by Gasteiger charge is 2.18. The van der Waals surface area contributed by atoms with Gasteiger partial charge in [-0.3, -0.25) is 4.57 Å². The maximum Gasteiger partial charge on any atom is 0.132 e. The van der Waals surface area contributed by atoms with Crippen LogP contribution in [-0.2, 0) is 0 Å². The number of benzene rings is 2. The summed E-state index contributed by atoms with van der Waals surface area (Å²) in [5, 5.41) is 9.10. The number of imidazole rings is 1. The molecule has 0 radical (unpaired) electrons. The predicted octanol–water partition coefficient (Wildman–Crippen LogP) is 4.51. The van der Waals surface area contributed by atoms with Crippen molar-refractivity contribution < 1.29 is 0 Å². The van der Waals surface area contributed by atoms with Gasteiger partial charge in [-0.05, 0) is 43.7 Å². The van der Waals surface area contributed by atoms with Crippen LogP contribution >= 0.6 is 11.6 Å². The summed E-state index contributed by atoms with van der Waals surface area (Å²) in [6.45, 7) is 3.92. The molecule has 0 saturated carbocycles. The van der Waals surface area contributed by atoms with Gasteiger partial charge in [0.1, 0.15) is 11.9 Å². The van der Waals surface area contributed by atoms with Gasteiger partial charge in [0.2, 0.25) is 0 Å². The molecule has 3 aromatic rings. The number of alkyl halides is 1. The lowest BCUT2D eigenvalue weighted by Gasteiger charge is -2.12. The molecule has 104 valence electrons. The number of aryl methyl sites for hydroxylation is 1. The quantitative estimate of drug-likeness (QED) is 0.653. The number of fused-ring (bicyclic) bond motifs is 1. The second kappa shape index (κ2) is 5.23. The number of nitrogens with zero attached hydrogens (tertiary/aromatic N) is 3. The lowest BCUT2D eigenvalue weighted by atomic mass is 10.1. The summed E-state index contributed by atoms with van der Waals surface area (Å²) >= 11 is 6.30. The zero-order valence-corrected chi connectivity index (χ0v) is 12.6. The van der Waals surface area contributed by atoms with E-state index in [0.717, 1.165) is 28.1 Å². The summed E-state index contributed by atoms with van der Waals surface area (Å²) in [7, 11) is 0. The Labute approximate surface area is 128 Å². The molecule has 0 amide bonds. The van der Waals surface area contributed by atoms with Gasteiger partial charge in [0.25, 0.3) is 0 Å². The van der Waals surface area contributed by atoms with E-state index in [4.69, 9.17) is 11.6 Å². The summed E-state index contributed by atoms with van der Waals surface area (Å²) in [6.07, 6.45) is 0. The molecular formula is C17H14ClN3. The molecule has 0 N–H and O–H groups in total. The minimum Gasteiger partial charge on any atom is -0.294 e. The maximum absolute atomic E-state index is 9.35. The number of hydrogen-bond donors (Lipinski definition) is 0. The van der Waals surface area contributed by atoms with Crippen molar-refractivity contribution in [3.63, 3.8) is 0 Å². The van der Waals surface area contributed by atoms with Gasteiger partial charge >= 0.3 is 0 Å². The van der Waals surface area contributed by atoms with Crippen molar-refractivity contribution >= 4 is 22.6 Å². The van der Waals surface area contributed by atoms with Gasteiger partial charge in [-0.15, -0.1) is 11.6 Å². The van der Waals surface area contributed by atoms with Crippen LogP contribution in [-0.4, -0.2) is 9.55 Å². The number of rotatable bonds is 2. The van der Waals surface area contributed by atoms with Crippen LogP contribution in [0.1, 0.15) is 29.3 Å². The number of aromatic nitrogens is 2. The Morgan fingerprint density at radius 1 is 1.24 bits per heavy atom. The van der Waals surface area contributed by atoms with Crippen molar-refractivity contribution in [2.75, 3.05) is 0 Å². The SMILES string of the molecule is Cc1ccc2c(c1)nc(C(C)Cl)n2-c1ccccc1C#N. The minimum atomic E-state index is -0.246. The first-order valence-electron chi connectivity index (χ1n) is 6.74. The Bertz CT molecular complexity index is 856. The van der Waals surface area contributed by atoms with Crippen LogP contribution in [0.25, 0.3) is 16.7 Å². The lowest BCUT2D eigenvalue weighted by Crippen LogP contribution is -2.03. The molecule has 1 atom stereocenters. The second-order valence-corrected chi connectivity index (χ2v) is 5.70. The fraction of sp³-hybridized carbons (Fsp3) is 0.176. The van der Waals surface area contributed by atoms with E-state index >= 15 is 0 Å². The van der Waals surface area contributed by atoms with Crippen LogP contribution in [0.15, 0.2) is 42.5 Å². The van der Waals surface area contributed by atoms with Crippen LogP contribution < -0.4 is 0 Å². The number of halogens is 1. The van der Waals surface area contributed by atoms with Gasteiger partial charge < -0.3 is 0 Å². The first-order valence-corrected chi connectivity index (χ1v) is 7.18. The predicted molar refractivity (Wildman–Crippen MR) is 84.8 cm³/mol. The lowest BCUT2D eigenvalue weighted by molar-refractivity contribution is 0.881. The molecule has 21 heavy (non-hydrogen) atoms. The molecule has 0 fully saturated rings. The average molecular weight is 296 g/mol. The van der Waals surface area contributed by atoms with Crippen molar-refractivity contribution in [1.82, 2.24) is 9.55 Å². The van der Waals surface area contributed by atoms with Crippen LogP contribution in [0.5, 0.6) is 0 Å². The van der Waals surface area contributed by atoms with E-state index in [1.54, 1.807) is 6.07 Å². The molecule has 2 aromatic carbocycles. The van der Waals surface area contributed by atoms with Crippen molar-refractivity contribution in [2.24, 2.45) is 0 Å². The summed E-state index contributed by atoms with van der Waals surface area (Å²) in [6, 6.07) is 15.8. The summed E-state index contributed by atoms with van der Waals surface area (Å²) in [5.41, 5.74) is 4.43. The zero-order valence-electron chi connectivity index (χ0n) is 11.8. The normalized spacial score (nSPS) is 12.3. The van der Waals surface area contributed by atoms with Crippen molar-refractivity contribution in [3.8, 4) is 11.8 Å². The van der Waals surface area contributed by atoms with E-state index in [9.17, 15) is 5.26 Å². The Morgan fingerprint density at radius 2 is 2.00 bits per heavy atom. The smallest absolute Gasteiger partial charge is 0.132 e. The molecule has 0 saturated heterocycles. The molecule has 1 heterocycles. The molecule has 4 heteroatoms. The fourth-order valence-electron chi connectivity index (χ4n) is 2.49. The van der Waals surface area contributed by atoms with E-state index in [0.29, 0.717) is 5.56 Å². The molecule has 3 nitrogen and oxygen atoms in total. The summed E-state index contributed by atoms with van der Waals surface area (Å²) in [4.78, 5) is 4.65. The Balaban J connectivity index is 2.40. The summed E-state index contributed by atoms with van der Waals surface area (Å²) in [5.74, 6) is 0.750. The van der Waals surface area contributed by atoms with E-state index in [-0.39, 0.29) is 5.38 Å². The van der Waals surface area contributed by atoms with Gasteiger partial charge in [0.05, 0.1) is 27.7 Å². The number of para-hydroxylation sites is 1. The van der Waals surface area contributed by atoms with Crippen LogP contribution in [0.2, 0.25) is 0 Å². The van der Waals surface area contributed by atoms with Crippen LogP contribution in [0, 0.1) is 18.3 Å². The molecule has 0 aliphatic carbocycles. The fourth-order valence-corrected chi connectivity index (χ4v) is 2.64. The minimum absolute atomic E-state index is 0.246. The van der Waals surface area contributed by atoms with E-state index in [2.05, 4.69) is 11.1 Å². The first kappa shape index (κ1) is 13.7. The topological polar surface area (TPSA) is 41.6 Å². The molecule has 1 aromatic heterocycles. The molecular weight excluding hydrogens is 282 g/mol. The van der Waals surface area contributed by atoms with Crippen LogP contribution in [0.4, 0.5) is 0 Å². The highest BCUT2D eigenvalue weighted by molar-refractivity contribution is 6.20. The van der Waals surface area contributed by atoms with Crippen molar-refractivity contribution in [2.45, 2.75) is 19.2 Å². The third-order valence-corrected chi connectivity index (χ3v) is 3.65. The van der Waals surface area contributed by atoms with Gasteiger partial charge in [-0.1, -0.05) is 18.2 Å². The molecule has 1 unspecified atom stereocenters. The zero-order chi connectivity index (χ0) is 15.0. The standard InChI is InChI=1S/C17H14ClN3/c1-11-7-8-16-14(9-11)20-17(12(2)18)21(16)15-6-4-3-5-13(15)10-19/h3-9,12H,1-2H3. The van der Waals surface area contributed by atoms with Crippen molar-refractivity contribution in [3.05, 3.63) is 59.4 Å². The summed E-state index contributed by atoms with van der Waals surface area (Å²) < 4.78 is 1.98. The van der Waals surface area contributed by atoms with Gasteiger partial charge in [-0.2, -0.15) is 5.26 Å². The Kier molecular flexibility index (Phi) is 3.40. The van der Waals surface area contributed by atoms with E-state index in [1.165, 1.54) is 0 Å². The number of nitriles is 1. The molecule has 0 aliphatic rings. The highest BCUT2D eigenvalue weighted by atomic mass is 35.5. The third-order valence-electron chi connectivity index (χ3n) is 3.46. The van der Waals surface area contributed by atoms with Gasteiger partial charge in [0, 0.05) is 0 Å². The first-order chi connectivity index (χ1) is 10.1. The van der Waals surface area contributed by atoms with Crippen LogP contribution in [0.3, 0.4) is 0 Å². The second-order valence-electron chi connectivity index (χ2n) is 5.04. The molecule has 0 bridgehead atoms. The highest BCUT2D eigenvalue weighted by Crippen LogP contribution is 2.29. The van der Waals surface area contributed by atoms with Gasteiger partial charge in [-0.25, -0.2) is 4.98 Å². The van der Waals surface area contributed by atoms with Crippen molar-refractivity contribution in [1.29, 1.82) is 5.26 Å². The largest absolute Gasteiger partial charge is 0.294 e. The monoisotopic (exact) mass is 295 g/mol. The maximum atomic E-state index is 9.35. The van der Waals surface area contributed by atoms with E-state index in [1.807, 2.05) is 54.8 Å². The molecule has 0 spiro atoms. The van der Waals surface area contributed by atoms with Gasteiger partial charge in [0.15, 0.2) is 0 Å².